The Labute approximate surface area is 177 Å². The van der Waals surface area contributed by atoms with Gasteiger partial charge in [0.25, 0.3) is 15.9 Å². The normalized spacial score (nSPS) is 11.0. The van der Waals surface area contributed by atoms with Gasteiger partial charge in [-0.15, -0.1) is 0 Å². The molecular formula is C20H18BrN3O4S. The van der Waals surface area contributed by atoms with E-state index in [4.69, 9.17) is 4.74 Å². The van der Waals surface area contributed by atoms with Crippen LogP contribution in [-0.2, 0) is 10.0 Å². The quantitative estimate of drug-likeness (QED) is 0.556. The number of carbonyl (C=O) groups excluding carboxylic acids is 1. The van der Waals surface area contributed by atoms with Crippen molar-refractivity contribution in [2.75, 3.05) is 17.1 Å². The Kier molecular flexibility index (Phi) is 6.19. The monoisotopic (exact) mass is 475 g/mol. The lowest BCUT2D eigenvalue weighted by atomic mass is 10.2. The molecule has 3 rings (SSSR count). The van der Waals surface area contributed by atoms with Crippen LogP contribution in [0.4, 0.5) is 11.5 Å². The Morgan fingerprint density at radius 2 is 1.83 bits per heavy atom. The molecule has 3 aromatic rings. The molecule has 0 bridgehead atoms. The second kappa shape index (κ2) is 8.62. The number of benzene rings is 2. The minimum absolute atomic E-state index is 0.125. The number of halogens is 1. The number of carbonyl (C=O) groups is 1. The molecule has 7 nitrogen and oxygen atoms in total. The molecule has 0 radical (unpaired) electrons. The maximum atomic E-state index is 12.9. The molecule has 0 spiro atoms. The summed E-state index contributed by atoms with van der Waals surface area (Å²) in [7, 11) is -2.63. The number of sulfonamides is 1. The van der Waals surface area contributed by atoms with Crippen LogP contribution >= 0.6 is 15.9 Å². The van der Waals surface area contributed by atoms with E-state index in [2.05, 4.69) is 31.0 Å². The average Bonchev–Trinajstić information content (AvgIpc) is 2.70. The van der Waals surface area contributed by atoms with Crippen molar-refractivity contribution >= 4 is 43.4 Å². The van der Waals surface area contributed by atoms with Crippen molar-refractivity contribution < 1.29 is 17.9 Å². The lowest BCUT2D eigenvalue weighted by Gasteiger charge is -2.13. The van der Waals surface area contributed by atoms with Gasteiger partial charge >= 0.3 is 0 Å². The van der Waals surface area contributed by atoms with Crippen molar-refractivity contribution in [2.24, 2.45) is 0 Å². The van der Waals surface area contributed by atoms with E-state index in [9.17, 15) is 13.2 Å². The highest BCUT2D eigenvalue weighted by molar-refractivity contribution is 9.10. The van der Waals surface area contributed by atoms with E-state index >= 15 is 0 Å². The first-order valence-corrected chi connectivity index (χ1v) is 10.8. The van der Waals surface area contributed by atoms with Crippen LogP contribution in [0.3, 0.4) is 0 Å². The summed E-state index contributed by atoms with van der Waals surface area (Å²) in [5.74, 6) is 0.0560. The second-order valence-electron chi connectivity index (χ2n) is 6.10. The van der Waals surface area contributed by atoms with Gasteiger partial charge in [-0.1, -0.05) is 22.0 Å². The van der Waals surface area contributed by atoms with E-state index < -0.39 is 15.9 Å². The van der Waals surface area contributed by atoms with Crippen LogP contribution in [0.1, 0.15) is 15.9 Å². The molecule has 1 heterocycles. The number of rotatable bonds is 6. The Balaban J connectivity index is 1.93. The van der Waals surface area contributed by atoms with Gasteiger partial charge in [0.1, 0.15) is 16.5 Å². The lowest BCUT2D eigenvalue weighted by molar-refractivity contribution is 0.102. The number of pyridine rings is 1. The highest BCUT2D eigenvalue weighted by Gasteiger charge is 2.22. The fourth-order valence-corrected chi connectivity index (χ4v) is 4.07. The maximum absolute atomic E-state index is 12.9. The van der Waals surface area contributed by atoms with E-state index in [1.807, 2.05) is 13.0 Å². The summed E-state index contributed by atoms with van der Waals surface area (Å²) in [6.45, 7) is 1.81. The lowest BCUT2D eigenvalue weighted by Crippen LogP contribution is -2.17. The van der Waals surface area contributed by atoms with Crippen molar-refractivity contribution in [3.63, 3.8) is 0 Å². The predicted molar refractivity (Wildman–Crippen MR) is 115 cm³/mol. The highest BCUT2D eigenvalue weighted by Crippen LogP contribution is 2.28. The summed E-state index contributed by atoms with van der Waals surface area (Å²) >= 11 is 3.30. The summed E-state index contributed by atoms with van der Waals surface area (Å²) < 4.78 is 34.3. The van der Waals surface area contributed by atoms with Crippen LogP contribution in [0.15, 0.2) is 70.2 Å². The summed E-state index contributed by atoms with van der Waals surface area (Å²) in [4.78, 5) is 16.6. The van der Waals surface area contributed by atoms with E-state index in [0.29, 0.717) is 11.5 Å². The van der Waals surface area contributed by atoms with E-state index in [1.165, 1.54) is 25.3 Å². The number of ether oxygens (including phenoxy) is 1. The molecule has 2 aromatic carbocycles. The summed E-state index contributed by atoms with van der Waals surface area (Å²) in [6.07, 6.45) is 1.56. The molecule has 9 heteroatoms. The molecule has 0 aliphatic rings. The minimum atomic E-state index is -3.99. The number of amides is 1. The number of nitrogens with zero attached hydrogens (tertiary/aromatic N) is 1. The number of aryl methyl sites for hydroxylation is 1. The molecule has 29 heavy (non-hydrogen) atoms. The van der Waals surface area contributed by atoms with Crippen molar-refractivity contribution in [3.8, 4) is 5.75 Å². The van der Waals surface area contributed by atoms with Crippen LogP contribution in [0.2, 0.25) is 0 Å². The Morgan fingerprint density at radius 1 is 1.10 bits per heavy atom. The molecule has 0 aliphatic carbocycles. The average molecular weight is 476 g/mol. The third-order valence-electron chi connectivity index (χ3n) is 4.05. The van der Waals surface area contributed by atoms with Gasteiger partial charge in [-0.25, -0.2) is 13.4 Å². The van der Waals surface area contributed by atoms with Crippen LogP contribution in [-0.4, -0.2) is 26.4 Å². The highest BCUT2D eigenvalue weighted by atomic mass is 79.9. The minimum Gasteiger partial charge on any atom is -0.495 e. The molecule has 150 valence electrons. The number of hydrogen-bond acceptors (Lipinski definition) is 5. The molecule has 0 fully saturated rings. The third kappa shape index (κ3) is 4.93. The molecule has 2 N–H and O–H groups in total. The van der Waals surface area contributed by atoms with Gasteiger partial charge in [0.15, 0.2) is 0 Å². The Hall–Kier alpha value is -2.91. The standard InChI is InChI=1S/C20H18BrN3O4S/c1-13-4-3-11-22-19(13)23-20(25)14-5-10-17(28-2)18(12-14)29(26,27)24-16-8-6-15(21)7-9-16/h3-12,24H,1-2H3,(H,22,23,25). The molecule has 0 saturated heterocycles. The zero-order chi connectivity index (χ0) is 21.0. The van der Waals surface area contributed by atoms with Crippen molar-refractivity contribution in [1.29, 1.82) is 0 Å². The first kappa shape index (κ1) is 20.8. The van der Waals surface area contributed by atoms with Crippen molar-refractivity contribution in [3.05, 3.63) is 76.4 Å². The largest absolute Gasteiger partial charge is 0.495 e. The van der Waals surface area contributed by atoms with Crippen LogP contribution in [0.25, 0.3) is 0 Å². The molecule has 0 saturated carbocycles. The number of anilines is 2. The number of aromatic nitrogens is 1. The van der Waals surface area contributed by atoms with Gasteiger partial charge in [0.2, 0.25) is 0 Å². The van der Waals surface area contributed by atoms with E-state index in [1.54, 1.807) is 36.5 Å². The number of hydrogen-bond donors (Lipinski definition) is 2. The summed E-state index contributed by atoms with van der Waals surface area (Å²) in [6, 6.07) is 14.5. The van der Waals surface area contributed by atoms with E-state index in [-0.39, 0.29) is 16.2 Å². The van der Waals surface area contributed by atoms with Crippen molar-refractivity contribution in [1.82, 2.24) is 4.98 Å². The molecule has 0 atom stereocenters. The van der Waals surface area contributed by atoms with Gasteiger partial charge in [-0.05, 0) is 61.0 Å². The van der Waals surface area contributed by atoms with Gasteiger partial charge in [-0.3, -0.25) is 9.52 Å². The van der Waals surface area contributed by atoms with Gasteiger partial charge in [0, 0.05) is 21.9 Å². The number of methoxy groups -OCH3 is 1. The summed E-state index contributed by atoms with van der Waals surface area (Å²) in [5.41, 5.74) is 1.33. The third-order valence-corrected chi connectivity index (χ3v) is 5.98. The van der Waals surface area contributed by atoms with Crippen LogP contribution in [0, 0.1) is 6.92 Å². The predicted octanol–water partition coefficient (Wildman–Crippen LogP) is 4.21. The van der Waals surface area contributed by atoms with Gasteiger partial charge in [-0.2, -0.15) is 0 Å². The van der Waals surface area contributed by atoms with E-state index in [0.717, 1.165) is 10.0 Å². The topological polar surface area (TPSA) is 97.4 Å². The fraction of sp³-hybridized carbons (Fsp3) is 0.100. The molecule has 1 aromatic heterocycles. The van der Waals surface area contributed by atoms with Gasteiger partial charge < -0.3 is 10.1 Å². The first-order valence-electron chi connectivity index (χ1n) is 8.49. The molecule has 1 amide bonds. The zero-order valence-electron chi connectivity index (χ0n) is 15.6. The maximum Gasteiger partial charge on any atom is 0.265 e. The number of nitrogens with one attached hydrogen (secondary N) is 2. The smallest absolute Gasteiger partial charge is 0.265 e. The van der Waals surface area contributed by atoms with Gasteiger partial charge in [0.05, 0.1) is 7.11 Å². The zero-order valence-corrected chi connectivity index (χ0v) is 18.0. The summed E-state index contributed by atoms with van der Waals surface area (Å²) in [5, 5.41) is 2.69. The Bertz CT molecular complexity index is 1150. The SMILES string of the molecule is COc1ccc(C(=O)Nc2ncccc2C)cc1S(=O)(=O)Nc1ccc(Br)cc1. The Morgan fingerprint density at radius 3 is 2.48 bits per heavy atom. The molecular weight excluding hydrogens is 458 g/mol. The van der Waals surface area contributed by atoms with Crippen LogP contribution in [0.5, 0.6) is 5.75 Å². The second-order valence-corrected chi connectivity index (χ2v) is 8.67. The van der Waals surface area contributed by atoms with Crippen molar-refractivity contribution in [2.45, 2.75) is 11.8 Å². The molecule has 0 aliphatic heterocycles. The van der Waals surface area contributed by atoms with Crippen LogP contribution < -0.4 is 14.8 Å². The first-order chi connectivity index (χ1) is 13.8. The molecule has 0 unspecified atom stereocenters. The fourth-order valence-electron chi connectivity index (χ4n) is 2.55.